The summed E-state index contributed by atoms with van der Waals surface area (Å²) in [6.45, 7) is -0.406. The number of alkyl halides is 3. The largest absolute Gasteiger partial charge is 0.375 e. The Morgan fingerprint density at radius 3 is 2.87 bits per heavy atom. The molecular formula is C8H11ClF2N2O2. The summed E-state index contributed by atoms with van der Waals surface area (Å²) < 4.78 is 32.9. The zero-order chi connectivity index (χ0) is 11.1. The predicted molar refractivity (Wildman–Crippen MR) is 49.2 cm³/mol. The van der Waals surface area contributed by atoms with E-state index in [1.807, 2.05) is 0 Å². The Kier molecular flexibility index (Phi) is 5.49. The van der Waals surface area contributed by atoms with Gasteiger partial charge in [0.25, 0.3) is 6.43 Å². The van der Waals surface area contributed by atoms with Crippen molar-refractivity contribution in [3.8, 4) is 0 Å². The van der Waals surface area contributed by atoms with Crippen LogP contribution in [0.3, 0.4) is 0 Å². The minimum atomic E-state index is -2.44. The van der Waals surface area contributed by atoms with Crippen molar-refractivity contribution in [2.45, 2.75) is 19.3 Å². The molecule has 0 amide bonds. The summed E-state index contributed by atoms with van der Waals surface area (Å²) in [4.78, 5) is 3.99. The molecule has 1 aromatic heterocycles. The highest BCUT2D eigenvalue weighted by atomic mass is 35.5. The van der Waals surface area contributed by atoms with E-state index in [0.29, 0.717) is 30.4 Å². The van der Waals surface area contributed by atoms with Gasteiger partial charge >= 0.3 is 0 Å². The molecule has 0 radical (unpaired) electrons. The summed E-state index contributed by atoms with van der Waals surface area (Å²) in [6.07, 6.45) is -1.58. The maximum Gasteiger partial charge on any atom is 0.261 e. The van der Waals surface area contributed by atoms with Gasteiger partial charge in [0.05, 0.1) is 6.61 Å². The Labute approximate surface area is 90.6 Å². The van der Waals surface area contributed by atoms with E-state index in [-0.39, 0.29) is 6.61 Å². The first-order valence-electron chi connectivity index (χ1n) is 4.45. The van der Waals surface area contributed by atoms with E-state index in [1.165, 1.54) is 0 Å². The molecule has 4 nitrogen and oxygen atoms in total. The molecule has 1 heterocycles. The van der Waals surface area contributed by atoms with Crippen molar-refractivity contribution in [1.29, 1.82) is 0 Å². The average Bonchev–Trinajstić information content (AvgIpc) is 2.61. The molecular weight excluding hydrogens is 230 g/mol. The Balaban J connectivity index is 2.19. The van der Waals surface area contributed by atoms with E-state index in [2.05, 4.69) is 14.9 Å². The molecule has 1 rings (SSSR count). The lowest BCUT2D eigenvalue weighted by molar-refractivity contribution is 0.0182. The van der Waals surface area contributed by atoms with Crippen molar-refractivity contribution < 1.29 is 18.0 Å². The van der Waals surface area contributed by atoms with Crippen molar-refractivity contribution in [3.63, 3.8) is 0 Å². The molecule has 86 valence electrons. The standard InChI is InChI=1S/C8H11ClF2N2O2/c9-3-1-8-12-7(13-15-8)2-4-14-5-6(10)11/h6H,1-5H2. The molecule has 0 fully saturated rings. The van der Waals surface area contributed by atoms with E-state index in [0.717, 1.165) is 0 Å². The second kappa shape index (κ2) is 6.68. The number of hydrogen-bond acceptors (Lipinski definition) is 4. The molecule has 7 heteroatoms. The maximum absolute atomic E-state index is 11.7. The Hall–Kier alpha value is -0.750. The number of hydrogen-bond donors (Lipinski definition) is 0. The molecule has 0 saturated carbocycles. The fraction of sp³-hybridized carbons (Fsp3) is 0.750. The maximum atomic E-state index is 11.7. The van der Waals surface area contributed by atoms with Crippen LogP contribution in [0.2, 0.25) is 0 Å². The third-order valence-corrected chi connectivity index (χ3v) is 1.72. The molecule has 0 aliphatic rings. The van der Waals surface area contributed by atoms with E-state index in [4.69, 9.17) is 16.1 Å². The van der Waals surface area contributed by atoms with E-state index in [1.54, 1.807) is 0 Å². The lowest BCUT2D eigenvalue weighted by Crippen LogP contribution is -2.07. The van der Waals surface area contributed by atoms with Gasteiger partial charge in [0.15, 0.2) is 5.82 Å². The highest BCUT2D eigenvalue weighted by molar-refractivity contribution is 6.17. The van der Waals surface area contributed by atoms with Crippen LogP contribution in [0.4, 0.5) is 8.78 Å². The van der Waals surface area contributed by atoms with Crippen molar-refractivity contribution in [2.75, 3.05) is 19.1 Å². The summed E-state index contributed by atoms with van der Waals surface area (Å²) in [7, 11) is 0. The number of halogens is 3. The monoisotopic (exact) mass is 240 g/mol. The molecule has 0 saturated heterocycles. The average molecular weight is 241 g/mol. The molecule has 0 aliphatic carbocycles. The molecule has 0 bridgehead atoms. The van der Waals surface area contributed by atoms with Crippen LogP contribution < -0.4 is 0 Å². The normalized spacial score (nSPS) is 11.2. The molecule has 0 N–H and O–H groups in total. The molecule has 0 aliphatic heterocycles. The molecule has 0 spiro atoms. The van der Waals surface area contributed by atoms with Crippen molar-refractivity contribution in [2.24, 2.45) is 0 Å². The van der Waals surface area contributed by atoms with E-state index < -0.39 is 13.0 Å². The Morgan fingerprint density at radius 2 is 2.20 bits per heavy atom. The van der Waals surface area contributed by atoms with Crippen LogP contribution in [0, 0.1) is 0 Å². The highest BCUT2D eigenvalue weighted by Crippen LogP contribution is 2.01. The minimum absolute atomic E-state index is 0.157. The van der Waals surface area contributed by atoms with E-state index >= 15 is 0 Å². The van der Waals surface area contributed by atoms with Crippen LogP contribution in [0.15, 0.2) is 4.52 Å². The summed E-state index contributed by atoms with van der Waals surface area (Å²) in [5, 5.41) is 3.64. The van der Waals surface area contributed by atoms with Crippen LogP contribution in [-0.2, 0) is 17.6 Å². The van der Waals surface area contributed by atoms with Gasteiger partial charge in [-0.25, -0.2) is 8.78 Å². The topological polar surface area (TPSA) is 48.2 Å². The third kappa shape index (κ3) is 5.03. The van der Waals surface area contributed by atoms with Crippen molar-refractivity contribution >= 4 is 11.6 Å². The van der Waals surface area contributed by atoms with Gasteiger partial charge in [-0.15, -0.1) is 11.6 Å². The molecule has 15 heavy (non-hydrogen) atoms. The van der Waals surface area contributed by atoms with Crippen LogP contribution >= 0.6 is 11.6 Å². The summed E-state index contributed by atoms with van der Waals surface area (Å²) >= 11 is 5.47. The zero-order valence-corrected chi connectivity index (χ0v) is 8.71. The van der Waals surface area contributed by atoms with Gasteiger partial charge in [0.2, 0.25) is 5.89 Å². The number of ether oxygens (including phenoxy) is 1. The van der Waals surface area contributed by atoms with Gasteiger partial charge < -0.3 is 9.26 Å². The number of aromatic nitrogens is 2. The van der Waals surface area contributed by atoms with Gasteiger partial charge in [0, 0.05) is 18.7 Å². The lowest BCUT2D eigenvalue weighted by atomic mass is 10.4. The Bertz CT molecular complexity index is 283. The zero-order valence-electron chi connectivity index (χ0n) is 7.96. The van der Waals surface area contributed by atoms with Crippen molar-refractivity contribution in [1.82, 2.24) is 10.1 Å². The van der Waals surface area contributed by atoms with Crippen LogP contribution in [0.5, 0.6) is 0 Å². The van der Waals surface area contributed by atoms with Gasteiger partial charge in [-0.05, 0) is 0 Å². The van der Waals surface area contributed by atoms with Gasteiger partial charge in [-0.3, -0.25) is 0 Å². The molecule has 0 unspecified atom stereocenters. The minimum Gasteiger partial charge on any atom is -0.375 e. The van der Waals surface area contributed by atoms with Crippen molar-refractivity contribution in [3.05, 3.63) is 11.7 Å². The fourth-order valence-electron chi connectivity index (χ4n) is 0.910. The van der Waals surface area contributed by atoms with Gasteiger partial charge in [0.1, 0.15) is 6.61 Å². The quantitative estimate of drug-likeness (QED) is 0.537. The summed E-state index contributed by atoms with van der Waals surface area (Å²) in [5.41, 5.74) is 0. The first-order chi connectivity index (χ1) is 7.22. The molecule has 0 atom stereocenters. The number of aryl methyl sites for hydroxylation is 1. The first kappa shape index (κ1) is 12.3. The fourth-order valence-corrected chi connectivity index (χ4v) is 1.07. The lowest BCUT2D eigenvalue weighted by Gasteiger charge is -1.99. The predicted octanol–water partition coefficient (Wildman–Crippen LogP) is 1.68. The van der Waals surface area contributed by atoms with Crippen LogP contribution in [0.25, 0.3) is 0 Å². The first-order valence-corrected chi connectivity index (χ1v) is 4.99. The van der Waals surface area contributed by atoms with Crippen LogP contribution in [0.1, 0.15) is 11.7 Å². The number of nitrogens with zero attached hydrogens (tertiary/aromatic N) is 2. The van der Waals surface area contributed by atoms with E-state index in [9.17, 15) is 8.78 Å². The molecule has 1 aromatic rings. The second-order valence-electron chi connectivity index (χ2n) is 2.76. The SMILES string of the molecule is FC(F)COCCc1noc(CCCl)n1. The van der Waals surface area contributed by atoms with Crippen LogP contribution in [-0.4, -0.2) is 35.7 Å². The third-order valence-electron chi connectivity index (χ3n) is 1.53. The molecule has 0 aromatic carbocycles. The van der Waals surface area contributed by atoms with Gasteiger partial charge in [-0.1, -0.05) is 5.16 Å². The number of rotatable bonds is 7. The Morgan fingerprint density at radius 1 is 1.40 bits per heavy atom. The summed E-state index contributed by atoms with van der Waals surface area (Å²) in [6, 6.07) is 0. The summed E-state index contributed by atoms with van der Waals surface area (Å²) in [5.74, 6) is 1.31. The highest BCUT2D eigenvalue weighted by Gasteiger charge is 2.06. The smallest absolute Gasteiger partial charge is 0.261 e. The second-order valence-corrected chi connectivity index (χ2v) is 3.14. The van der Waals surface area contributed by atoms with Gasteiger partial charge in [-0.2, -0.15) is 4.98 Å².